The molecule has 3 aromatic heterocycles. The third-order valence-corrected chi connectivity index (χ3v) is 6.05. The van der Waals surface area contributed by atoms with Gasteiger partial charge in [0.2, 0.25) is 11.7 Å². The number of fused-ring (bicyclic) bond motifs is 3. The van der Waals surface area contributed by atoms with E-state index >= 15 is 0 Å². The molecule has 3 heterocycles. The van der Waals surface area contributed by atoms with Gasteiger partial charge >= 0.3 is 0 Å². The fourth-order valence-electron chi connectivity index (χ4n) is 3.45. The number of thioether (sulfide) groups is 1. The van der Waals surface area contributed by atoms with E-state index in [-0.39, 0.29) is 11.0 Å². The zero-order valence-corrected chi connectivity index (χ0v) is 19.1. The van der Waals surface area contributed by atoms with Gasteiger partial charge in [-0.3, -0.25) is 9.20 Å². The van der Waals surface area contributed by atoms with E-state index in [0.717, 1.165) is 16.8 Å². The first kappa shape index (κ1) is 20.4. The first-order chi connectivity index (χ1) is 15.3. The van der Waals surface area contributed by atoms with Crippen LogP contribution in [0.2, 0.25) is 0 Å². The number of benzene rings is 2. The Morgan fingerprint density at radius 3 is 2.50 bits per heavy atom. The standard InChI is InChI=1S/C23H22N6O2S/c1-14-9-11-15(12-10-14)28-19(30)16-7-5-6-8-17(16)29-21(28)25-26-22(29)32-13-18-24-20(31-27-18)23(2,3)4/h5-12H,13H2,1-4H3. The quantitative estimate of drug-likeness (QED) is 0.380. The normalized spacial score (nSPS) is 12.1. The number of hydrogen-bond donors (Lipinski definition) is 0. The molecule has 9 heteroatoms. The zero-order chi connectivity index (χ0) is 22.5. The highest BCUT2D eigenvalue weighted by molar-refractivity contribution is 7.98. The minimum absolute atomic E-state index is 0.131. The lowest BCUT2D eigenvalue weighted by Gasteiger charge is -2.11. The largest absolute Gasteiger partial charge is 0.339 e. The maximum atomic E-state index is 13.4. The van der Waals surface area contributed by atoms with Crippen LogP contribution in [0.4, 0.5) is 0 Å². The van der Waals surface area contributed by atoms with E-state index in [1.54, 1.807) is 4.57 Å². The Bertz CT molecular complexity index is 1490. The highest BCUT2D eigenvalue weighted by atomic mass is 32.2. The van der Waals surface area contributed by atoms with Gasteiger partial charge in [0.05, 0.1) is 22.3 Å². The highest BCUT2D eigenvalue weighted by Crippen LogP contribution is 2.26. The molecule has 0 fully saturated rings. The van der Waals surface area contributed by atoms with E-state index < -0.39 is 0 Å². The Morgan fingerprint density at radius 1 is 1.03 bits per heavy atom. The summed E-state index contributed by atoms with van der Waals surface area (Å²) >= 11 is 1.45. The maximum absolute atomic E-state index is 13.4. The summed E-state index contributed by atoms with van der Waals surface area (Å²) in [7, 11) is 0. The van der Waals surface area contributed by atoms with Gasteiger partial charge in [-0.05, 0) is 31.2 Å². The minimum Gasteiger partial charge on any atom is -0.339 e. The van der Waals surface area contributed by atoms with Gasteiger partial charge in [0, 0.05) is 5.41 Å². The van der Waals surface area contributed by atoms with Crippen molar-refractivity contribution in [2.75, 3.05) is 0 Å². The van der Waals surface area contributed by atoms with E-state index in [1.807, 2.05) is 80.6 Å². The maximum Gasteiger partial charge on any atom is 0.267 e. The number of hydrogen-bond acceptors (Lipinski definition) is 7. The van der Waals surface area contributed by atoms with E-state index in [2.05, 4.69) is 20.3 Å². The number of para-hydroxylation sites is 1. The van der Waals surface area contributed by atoms with Crippen LogP contribution in [0.25, 0.3) is 22.4 Å². The predicted molar refractivity (Wildman–Crippen MR) is 123 cm³/mol. The molecule has 0 amide bonds. The monoisotopic (exact) mass is 446 g/mol. The molecule has 0 saturated carbocycles. The Labute approximate surface area is 188 Å². The second-order valence-electron chi connectivity index (χ2n) is 8.67. The highest BCUT2D eigenvalue weighted by Gasteiger charge is 2.23. The Kier molecular flexibility index (Phi) is 4.85. The zero-order valence-electron chi connectivity index (χ0n) is 18.2. The number of rotatable bonds is 4. The lowest BCUT2D eigenvalue weighted by molar-refractivity contribution is 0.319. The summed E-state index contributed by atoms with van der Waals surface area (Å²) in [5, 5.41) is 14.1. The van der Waals surface area contributed by atoms with Crippen LogP contribution in [-0.4, -0.2) is 29.3 Å². The molecule has 5 aromatic rings. The number of nitrogens with zero attached hydrogens (tertiary/aromatic N) is 6. The van der Waals surface area contributed by atoms with Crippen molar-refractivity contribution in [1.29, 1.82) is 0 Å². The smallest absolute Gasteiger partial charge is 0.267 e. The van der Waals surface area contributed by atoms with Crippen molar-refractivity contribution in [3.05, 3.63) is 76.2 Å². The molecule has 0 spiro atoms. The molecular formula is C23H22N6O2S. The van der Waals surface area contributed by atoms with Crippen LogP contribution in [-0.2, 0) is 11.2 Å². The fraction of sp³-hybridized carbons (Fsp3) is 0.261. The summed E-state index contributed by atoms with van der Waals surface area (Å²) in [4.78, 5) is 17.9. The predicted octanol–water partition coefficient (Wildman–Crippen LogP) is 4.31. The Morgan fingerprint density at radius 2 is 1.78 bits per heavy atom. The third kappa shape index (κ3) is 3.48. The summed E-state index contributed by atoms with van der Waals surface area (Å²) in [5.74, 6) is 2.12. The number of aromatic nitrogens is 6. The van der Waals surface area contributed by atoms with Crippen molar-refractivity contribution in [1.82, 2.24) is 29.3 Å². The van der Waals surface area contributed by atoms with Gasteiger partial charge in [-0.25, -0.2) is 4.57 Å². The van der Waals surface area contributed by atoms with Crippen LogP contribution in [0, 0.1) is 6.92 Å². The second-order valence-corrected chi connectivity index (χ2v) is 9.61. The van der Waals surface area contributed by atoms with E-state index in [9.17, 15) is 4.79 Å². The molecule has 0 saturated heterocycles. The lowest BCUT2D eigenvalue weighted by Crippen LogP contribution is -2.21. The first-order valence-electron chi connectivity index (χ1n) is 10.2. The average molecular weight is 447 g/mol. The molecule has 0 unspecified atom stereocenters. The summed E-state index contributed by atoms with van der Waals surface area (Å²) < 4.78 is 8.91. The van der Waals surface area contributed by atoms with E-state index in [1.165, 1.54) is 11.8 Å². The summed E-state index contributed by atoms with van der Waals surface area (Å²) in [6.07, 6.45) is 0. The molecule has 8 nitrogen and oxygen atoms in total. The van der Waals surface area contributed by atoms with Crippen LogP contribution in [0.3, 0.4) is 0 Å². The molecule has 5 rings (SSSR count). The van der Waals surface area contributed by atoms with Crippen molar-refractivity contribution >= 4 is 28.4 Å². The average Bonchev–Trinajstić information content (AvgIpc) is 3.41. The molecule has 0 aliphatic heterocycles. The topological polar surface area (TPSA) is 91.1 Å². The molecule has 32 heavy (non-hydrogen) atoms. The van der Waals surface area contributed by atoms with E-state index in [4.69, 9.17) is 4.52 Å². The molecule has 0 atom stereocenters. The number of aryl methyl sites for hydroxylation is 1. The van der Waals surface area contributed by atoms with Gasteiger partial charge in [0.25, 0.3) is 5.56 Å². The minimum atomic E-state index is -0.211. The summed E-state index contributed by atoms with van der Waals surface area (Å²) in [5.41, 5.74) is 2.28. The van der Waals surface area contributed by atoms with Crippen LogP contribution < -0.4 is 5.56 Å². The Hall–Kier alpha value is -3.46. The van der Waals surface area contributed by atoms with Gasteiger partial charge in [-0.1, -0.05) is 67.5 Å². The van der Waals surface area contributed by atoms with Crippen molar-refractivity contribution in [2.45, 2.75) is 44.0 Å². The van der Waals surface area contributed by atoms with Crippen LogP contribution >= 0.6 is 11.8 Å². The van der Waals surface area contributed by atoms with Crippen LogP contribution in [0.1, 0.15) is 38.0 Å². The molecular weight excluding hydrogens is 424 g/mol. The molecule has 2 aromatic carbocycles. The fourth-order valence-corrected chi connectivity index (χ4v) is 4.23. The third-order valence-electron chi connectivity index (χ3n) is 5.13. The second kappa shape index (κ2) is 7.59. The summed E-state index contributed by atoms with van der Waals surface area (Å²) in [6, 6.07) is 15.3. The lowest BCUT2D eigenvalue weighted by atomic mass is 9.97. The first-order valence-corrected chi connectivity index (χ1v) is 11.2. The Balaban J connectivity index is 1.63. The van der Waals surface area contributed by atoms with Gasteiger partial charge in [-0.15, -0.1) is 10.2 Å². The molecule has 0 bridgehead atoms. The van der Waals surface area contributed by atoms with E-state index in [0.29, 0.717) is 33.8 Å². The van der Waals surface area contributed by atoms with Crippen molar-refractivity contribution in [3.8, 4) is 5.69 Å². The van der Waals surface area contributed by atoms with Gasteiger partial charge in [0.1, 0.15) is 0 Å². The van der Waals surface area contributed by atoms with Gasteiger partial charge in [-0.2, -0.15) is 4.98 Å². The SMILES string of the molecule is Cc1ccc(-n2c(=O)c3ccccc3n3c(SCc4noc(C(C)(C)C)n4)nnc23)cc1. The van der Waals surface area contributed by atoms with Crippen LogP contribution in [0.15, 0.2) is 63.0 Å². The summed E-state index contributed by atoms with van der Waals surface area (Å²) in [6.45, 7) is 8.09. The molecule has 0 aliphatic carbocycles. The molecule has 0 N–H and O–H groups in total. The van der Waals surface area contributed by atoms with Gasteiger partial charge in [0.15, 0.2) is 11.0 Å². The van der Waals surface area contributed by atoms with Crippen molar-refractivity contribution < 1.29 is 4.52 Å². The van der Waals surface area contributed by atoms with Crippen LogP contribution in [0.5, 0.6) is 0 Å². The molecule has 0 aliphatic rings. The molecule has 162 valence electrons. The van der Waals surface area contributed by atoms with Crippen molar-refractivity contribution in [3.63, 3.8) is 0 Å². The van der Waals surface area contributed by atoms with Gasteiger partial charge < -0.3 is 4.52 Å². The molecule has 0 radical (unpaired) electrons. The van der Waals surface area contributed by atoms with Crippen molar-refractivity contribution in [2.24, 2.45) is 0 Å².